The average Bonchev–Trinajstić information content (AvgIpc) is 2.48. The molecule has 1 N–H and O–H groups in total. The lowest BCUT2D eigenvalue weighted by Crippen LogP contribution is -2.13. The van der Waals surface area contributed by atoms with Crippen LogP contribution in [0, 0.1) is 24.0 Å². The number of aryl methyl sites for hydroxylation is 1. The van der Waals surface area contributed by atoms with Gasteiger partial charge in [-0.1, -0.05) is 6.07 Å². The maximum Gasteiger partial charge on any atom is 0.274 e. The number of nitro benzene ring substituents is 1. The SMILES string of the molecule is COc1ccc(C(=O)Nc2cccc([N+](=O)[O-])c2C)cc1C. The van der Waals surface area contributed by atoms with E-state index in [2.05, 4.69) is 5.32 Å². The topological polar surface area (TPSA) is 81.5 Å². The van der Waals surface area contributed by atoms with Gasteiger partial charge in [0.15, 0.2) is 0 Å². The zero-order valence-corrected chi connectivity index (χ0v) is 12.5. The van der Waals surface area contributed by atoms with E-state index in [9.17, 15) is 14.9 Å². The Morgan fingerprint density at radius 3 is 2.55 bits per heavy atom. The van der Waals surface area contributed by atoms with Gasteiger partial charge in [0, 0.05) is 11.6 Å². The molecule has 0 saturated heterocycles. The molecule has 0 aromatic heterocycles. The molecule has 6 nitrogen and oxygen atoms in total. The molecule has 22 heavy (non-hydrogen) atoms. The third kappa shape index (κ3) is 3.06. The fourth-order valence-corrected chi connectivity index (χ4v) is 2.17. The highest BCUT2D eigenvalue weighted by molar-refractivity contribution is 6.05. The summed E-state index contributed by atoms with van der Waals surface area (Å²) in [6.07, 6.45) is 0. The van der Waals surface area contributed by atoms with Gasteiger partial charge in [0.25, 0.3) is 11.6 Å². The summed E-state index contributed by atoms with van der Waals surface area (Å²) < 4.78 is 5.15. The molecule has 0 aliphatic heterocycles. The van der Waals surface area contributed by atoms with Gasteiger partial charge in [-0.25, -0.2) is 0 Å². The van der Waals surface area contributed by atoms with E-state index in [0.717, 1.165) is 5.56 Å². The second kappa shape index (κ2) is 6.26. The molecule has 0 atom stereocenters. The van der Waals surface area contributed by atoms with Crippen molar-refractivity contribution in [2.75, 3.05) is 12.4 Å². The highest BCUT2D eigenvalue weighted by atomic mass is 16.6. The normalized spacial score (nSPS) is 10.1. The summed E-state index contributed by atoms with van der Waals surface area (Å²) in [5.74, 6) is 0.373. The number of carbonyl (C=O) groups is 1. The van der Waals surface area contributed by atoms with E-state index < -0.39 is 4.92 Å². The summed E-state index contributed by atoms with van der Waals surface area (Å²) in [6.45, 7) is 3.45. The summed E-state index contributed by atoms with van der Waals surface area (Å²) in [7, 11) is 1.56. The number of methoxy groups -OCH3 is 1. The average molecular weight is 300 g/mol. The lowest BCUT2D eigenvalue weighted by atomic mass is 10.1. The van der Waals surface area contributed by atoms with E-state index in [0.29, 0.717) is 22.6 Å². The molecule has 0 aliphatic carbocycles. The van der Waals surface area contributed by atoms with Crippen molar-refractivity contribution in [1.82, 2.24) is 0 Å². The molecule has 0 radical (unpaired) electrons. The van der Waals surface area contributed by atoms with Gasteiger partial charge in [-0.2, -0.15) is 0 Å². The summed E-state index contributed by atoms with van der Waals surface area (Å²) >= 11 is 0. The lowest BCUT2D eigenvalue weighted by Gasteiger charge is -2.10. The molecule has 0 aliphatic rings. The highest BCUT2D eigenvalue weighted by Crippen LogP contribution is 2.26. The number of nitrogens with zero attached hydrogens (tertiary/aromatic N) is 1. The van der Waals surface area contributed by atoms with Gasteiger partial charge < -0.3 is 10.1 Å². The van der Waals surface area contributed by atoms with Crippen molar-refractivity contribution in [1.29, 1.82) is 0 Å². The number of hydrogen-bond donors (Lipinski definition) is 1. The number of amides is 1. The molecule has 0 bridgehead atoms. The zero-order chi connectivity index (χ0) is 16.3. The van der Waals surface area contributed by atoms with Gasteiger partial charge in [0.05, 0.1) is 23.3 Å². The van der Waals surface area contributed by atoms with E-state index in [1.54, 1.807) is 44.4 Å². The fraction of sp³-hybridized carbons (Fsp3) is 0.188. The van der Waals surface area contributed by atoms with E-state index in [1.807, 2.05) is 6.92 Å². The molecule has 0 saturated carbocycles. The zero-order valence-electron chi connectivity index (χ0n) is 12.5. The first kappa shape index (κ1) is 15.5. The second-order valence-electron chi connectivity index (χ2n) is 4.85. The molecular weight excluding hydrogens is 284 g/mol. The van der Waals surface area contributed by atoms with Crippen molar-refractivity contribution in [2.45, 2.75) is 13.8 Å². The van der Waals surface area contributed by atoms with Crippen LogP contribution in [-0.4, -0.2) is 17.9 Å². The molecule has 0 fully saturated rings. The number of ether oxygens (including phenoxy) is 1. The third-order valence-electron chi connectivity index (χ3n) is 3.41. The first-order valence-corrected chi connectivity index (χ1v) is 6.64. The molecule has 2 rings (SSSR count). The maximum absolute atomic E-state index is 12.3. The number of carbonyl (C=O) groups excluding carboxylic acids is 1. The number of anilines is 1. The Morgan fingerprint density at radius 2 is 1.95 bits per heavy atom. The summed E-state index contributed by atoms with van der Waals surface area (Å²) in [5, 5.41) is 13.6. The van der Waals surface area contributed by atoms with E-state index in [-0.39, 0.29) is 11.6 Å². The Labute approximate surface area is 127 Å². The van der Waals surface area contributed by atoms with Crippen molar-refractivity contribution in [3.8, 4) is 5.75 Å². The summed E-state index contributed by atoms with van der Waals surface area (Å²) in [6, 6.07) is 9.65. The Hall–Kier alpha value is -2.89. The molecule has 6 heteroatoms. The minimum atomic E-state index is -0.470. The molecule has 114 valence electrons. The minimum absolute atomic E-state index is 0.0243. The first-order chi connectivity index (χ1) is 10.4. The standard InChI is InChI=1S/C16H16N2O4/c1-10-9-12(7-8-15(10)22-3)16(19)17-13-5-4-6-14(11(13)2)18(20)21/h4-9H,1-3H3,(H,17,19). The fourth-order valence-electron chi connectivity index (χ4n) is 2.17. The molecule has 0 unspecified atom stereocenters. The van der Waals surface area contributed by atoms with Crippen molar-refractivity contribution in [3.63, 3.8) is 0 Å². The predicted molar refractivity (Wildman–Crippen MR) is 83.5 cm³/mol. The monoisotopic (exact) mass is 300 g/mol. The van der Waals surface area contributed by atoms with Gasteiger partial charge >= 0.3 is 0 Å². The van der Waals surface area contributed by atoms with E-state index in [1.165, 1.54) is 6.07 Å². The quantitative estimate of drug-likeness (QED) is 0.692. The van der Waals surface area contributed by atoms with Crippen LogP contribution in [0.15, 0.2) is 36.4 Å². The van der Waals surface area contributed by atoms with Crippen molar-refractivity contribution >= 4 is 17.3 Å². The summed E-state index contributed by atoms with van der Waals surface area (Å²) in [4.78, 5) is 22.7. The van der Waals surface area contributed by atoms with Crippen molar-refractivity contribution in [2.24, 2.45) is 0 Å². The number of benzene rings is 2. The number of nitrogens with one attached hydrogen (secondary N) is 1. The molecule has 1 amide bonds. The third-order valence-corrected chi connectivity index (χ3v) is 3.41. The van der Waals surface area contributed by atoms with Gasteiger partial charge in [-0.3, -0.25) is 14.9 Å². The van der Waals surface area contributed by atoms with Gasteiger partial charge in [-0.15, -0.1) is 0 Å². The van der Waals surface area contributed by atoms with Gasteiger partial charge in [0.1, 0.15) is 5.75 Å². The predicted octanol–water partition coefficient (Wildman–Crippen LogP) is 3.47. The van der Waals surface area contributed by atoms with Gasteiger partial charge in [0.2, 0.25) is 0 Å². The van der Waals surface area contributed by atoms with Crippen molar-refractivity contribution in [3.05, 3.63) is 63.2 Å². The molecular formula is C16H16N2O4. The Bertz CT molecular complexity index is 741. The summed E-state index contributed by atoms with van der Waals surface area (Å²) in [5.41, 5.74) is 2.12. The van der Waals surface area contributed by atoms with Crippen LogP contribution in [0.3, 0.4) is 0 Å². The Balaban J connectivity index is 2.28. The Kier molecular flexibility index (Phi) is 4.41. The van der Waals surface area contributed by atoms with Crippen molar-refractivity contribution < 1.29 is 14.5 Å². The van der Waals surface area contributed by atoms with E-state index >= 15 is 0 Å². The Morgan fingerprint density at radius 1 is 1.23 bits per heavy atom. The van der Waals surface area contributed by atoms with E-state index in [4.69, 9.17) is 4.74 Å². The van der Waals surface area contributed by atoms with Crippen LogP contribution in [0.5, 0.6) is 5.75 Å². The van der Waals surface area contributed by atoms with Crippen LogP contribution < -0.4 is 10.1 Å². The largest absolute Gasteiger partial charge is 0.496 e. The van der Waals surface area contributed by atoms with Gasteiger partial charge in [-0.05, 0) is 43.7 Å². The highest BCUT2D eigenvalue weighted by Gasteiger charge is 2.15. The molecule has 0 spiro atoms. The van der Waals surface area contributed by atoms with Crippen LogP contribution in [0.25, 0.3) is 0 Å². The number of hydrogen-bond acceptors (Lipinski definition) is 4. The number of rotatable bonds is 4. The first-order valence-electron chi connectivity index (χ1n) is 6.64. The van der Waals surface area contributed by atoms with Crippen LogP contribution >= 0.6 is 0 Å². The van der Waals surface area contributed by atoms with Crippen LogP contribution in [0.4, 0.5) is 11.4 Å². The van der Waals surface area contributed by atoms with Crippen LogP contribution in [0.1, 0.15) is 21.5 Å². The molecule has 0 heterocycles. The molecule has 2 aromatic rings. The minimum Gasteiger partial charge on any atom is -0.496 e. The second-order valence-corrected chi connectivity index (χ2v) is 4.85. The molecule has 2 aromatic carbocycles. The maximum atomic E-state index is 12.3. The lowest BCUT2D eigenvalue weighted by molar-refractivity contribution is -0.385. The van der Waals surface area contributed by atoms with Crippen LogP contribution in [0.2, 0.25) is 0 Å². The number of nitro groups is 1. The smallest absolute Gasteiger partial charge is 0.274 e. The van der Waals surface area contributed by atoms with Crippen LogP contribution in [-0.2, 0) is 0 Å².